The maximum Gasteiger partial charge on any atom is 0.119 e. The van der Waals surface area contributed by atoms with Crippen LogP contribution in [0.3, 0.4) is 0 Å². The zero-order valence-electron chi connectivity index (χ0n) is 18.3. The number of rotatable bonds is 6. The van der Waals surface area contributed by atoms with Gasteiger partial charge >= 0.3 is 0 Å². The lowest BCUT2D eigenvalue weighted by molar-refractivity contribution is -0.231. The number of benzene rings is 2. The molecule has 5 N–H and O–H groups in total. The van der Waals surface area contributed by atoms with E-state index in [9.17, 15) is 25.5 Å². The summed E-state index contributed by atoms with van der Waals surface area (Å²) in [4.78, 5) is 0. The molecule has 0 bridgehead atoms. The highest BCUT2D eigenvalue weighted by Crippen LogP contribution is 2.34. The molecular formula is C25H31ClO7. The third-order valence-electron chi connectivity index (χ3n) is 6.51. The summed E-state index contributed by atoms with van der Waals surface area (Å²) < 4.78 is 11.7. The molecule has 0 radical (unpaired) electrons. The largest absolute Gasteiger partial charge is 0.490 e. The van der Waals surface area contributed by atoms with Gasteiger partial charge in [0.25, 0.3) is 0 Å². The Kier molecular flexibility index (Phi) is 7.91. The minimum atomic E-state index is -1.43. The summed E-state index contributed by atoms with van der Waals surface area (Å²) in [6.45, 7) is -0.476. The van der Waals surface area contributed by atoms with Crippen LogP contribution in [0, 0.1) is 0 Å². The second kappa shape index (κ2) is 10.7. The number of aliphatic hydroxyl groups is 5. The highest BCUT2D eigenvalue weighted by atomic mass is 35.5. The van der Waals surface area contributed by atoms with Gasteiger partial charge in [-0.2, -0.15) is 0 Å². The number of halogens is 1. The van der Waals surface area contributed by atoms with Crippen molar-refractivity contribution in [3.63, 3.8) is 0 Å². The second-order valence-electron chi connectivity index (χ2n) is 8.98. The topological polar surface area (TPSA) is 120 Å². The van der Waals surface area contributed by atoms with Gasteiger partial charge in [0.2, 0.25) is 0 Å². The third kappa shape index (κ3) is 5.69. The average molecular weight is 479 g/mol. The molecular weight excluding hydrogens is 448 g/mol. The molecule has 2 aromatic rings. The van der Waals surface area contributed by atoms with Crippen LogP contribution >= 0.6 is 11.6 Å². The Morgan fingerprint density at radius 2 is 1.70 bits per heavy atom. The summed E-state index contributed by atoms with van der Waals surface area (Å²) in [5, 5.41) is 50.4. The number of aliphatic hydroxyl groups excluding tert-OH is 5. The lowest BCUT2D eigenvalue weighted by Gasteiger charge is -2.40. The third-order valence-corrected chi connectivity index (χ3v) is 6.88. The van der Waals surface area contributed by atoms with Crippen LogP contribution < -0.4 is 4.74 Å². The molecule has 1 saturated carbocycles. The molecule has 1 unspecified atom stereocenters. The molecule has 4 rings (SSSR count). The standard InChI is InChI=1S/C25H31ClO7/c26-20-9-6-15(25-24(31)23(30)22(29)21(13-27)33-25)11-16(20)10-14-4-7-18(8-5-14)32-19-3-1-2-17(28)12-19/h4-9,11,17,19,21-25,27-31H,1-3,10,12-13H2/t17-,19?,21+,22+,23-,24+,25-/m0/s1. The molecule has 2 fully saturated rings. The van der Waals surface area contributed by atoms with E-state index in [0.717, 1.165) is 36.1 Å². The van der Waals surface area contributed by atoms with Gasteiger partial charge in [-0.15, -0.1) is 0 Å². The van der Waals surface area contributed by atoms with Gasteiger partial charge in [0, 0.05) is 11.4 Å². The van der Waals surface area contributed by atoms with Crippen LogP contribution in [0.2, 0.25) is 5.02 Å². The lowest BCUT2D eigenvalue weighted by atomic mass is 9.90. The van der Waals surface area contributed by atoms with Crippen LogP contribution in [0.15, 0.2) is 42.5 Å². The fraction of sp³-hybridized carbons (Fsp3) is 0.520. The van der Waals surface area contributed by atoms with Crippen LogP contribution in [0.5, 0.6) is 5.75 Å². The van der Waals surface area contributed by atoms with E-state index in [-0.39, 0.29) is 12.2 Å². The van der Waals surface area contributed by atoms with Gasteiger partial charge in [-0.1, -0.05) is 35.9 Å². The van der Waals surface area contributed by atoms with Crippen molar-refractivity contribution in [2.75, 3.05) is 6.61 Å². The molecule has 180 valence electrons. The first-order chi connectivity index (χ1) is 15.9. The van der Waals surface area contributed by atoms with Crippen molar-refractivity contribution in [2.45, 2.75) is 74.8 Å². The van der Waals surface area contributed by atoms with E-state index in [2.05, 4.69) is 0 Å². The second-order valence-corrected chi connectivity index (χ2v) is 9.39. The van der Waals surface area contributed by atoms with Crippen molar-refractivity contribution >= 4 is 11.6 Å². The maximum atomic E-state index is 10.4. The van der Waals surface area contributed by atoms with Crippen molar-refractivity contribution in [1.29, 1.82) is 0 Å². The molecule has 8 heteroatoms. The molecule has 33 heavy (non-hydrogen) atoms. The smallest absolute Gasteiger partial charge is 0.119 e. The van der Waals surface area contributed by atoms with Crippen molar-refractivity contribution in [3.8, 4) is 5.75 Å². The number of hydrogen-bond donors (Lipinski definition) is 5. The molecule has 0 spiro atoms. The van der Waals surface area contributed by atoms with Crippen LogP contribution in [0.25, 0.3) is 0 Å². The maximum absolute atomic E-state index is 10.4. The first-order valence-electron chi connectivity index (χ1n) is 11.4. The van der Waals surface area contributed by atoms with Gasteiger partial charge in [0.15, 0.2) is 0 Å². The van der Waals surface area contributed by atoms with Crippen molar-refractivity contribution in [2.24, 2.45) is 0 Å². The average Bonchev–Trinajstić information content (AvgIpc) is 2.81. The molecule has 1 saturated heterocycles. The van der Waals surface area contributed by atoms with E-state index in [1.165, 1.54) is 0 Å². The summed E-state index contributed by atoms with van der Waals surface area (Å²) in [5.41, 5.74) is 2.43. The first-order valence-corrected chi connectivity index (χ1v) is 11.8. The van der Waals surface area contributed by atoms with E-state index in [1.807, 2.05) is 30.3 Å². The number of hydrogen-bond acceptors (Lipinski definition) is 7. The van der Waals surface area contributed by atoms with Crippen LogP contribution in [0.4, 0.5) is 0 Å². The van der Waals surface area contributed by atoms with Gasteiger partial charge < -0.3 is 35.0 Å². The van der Waals surface area contributed by atoms with E-state index >= 15 is 0 Å². The van der Waals surface area contributed by atoms with E-state index in [4.69, 9.17) is 21.1 Å². The molecule has 1 aliphatic heterocycles. The van der Waals surface area contributed by atoms with Crippen LogP contribution in [-0.4, -0.2) is 68.8 Å². The fourth-order valence-corrected chi connectivity index (χ4v) is 4.79. The minimum Gasteiger partial charge on any atom is -0.490 e. The van der Waals surface area contributed by atoms with Crippen LogP contribution in [0.1, 0.15) is 48.5 Å². The van der Waals surface area contributed by atoms with E-state index < -0.39 is 37.1 Å². The Hall–Kier alpha value is -1.71. The molecule has 0 amide bonds. The predicted molar refractivity (Wildman–Crippen MR) is 122 cm³/mol. The van der Waals surface area contributed by atoms with Crippen molar-refractivity contribution in [3.05, 3.63) is 64.2 Å². The molecule has 7 nitrogen and oxygen atoms in total. The number of ether oxygens (including phenoxy) is 2. The highest BCUT2D eigenvalue weighted by Gasteiger charge is 2.44. The Morgan fingerprint density at radius 3 is 2.39 bits per heavy atom. The summed E-state index contributed by atoms with van der Waals surface area (Å²) in [5.74, 6) is 0.763. The van der Waals surface area contributed by atoms with Crippen molar-refractivity contribution < 1.29 is 35.0 Å². The SMILES string of the molecule is OC[C@H]1O[C@@H](c2ccc(Cl)c(Cc3ccc(OC4CCC[C@H](O)C4)cc3)c2)[C@H](O)[C@@H](O)[C@@H]1O. The van der Waals surface area contributed by atoms with Crippen molar-refractivity contribution in [1.82, 2.24) is 0 Å². The normalized spacial score (nSPS) is 32.5. The van der Waals surface area contributed by atoms with Gasteiger partial charge in [0.05, 0.1) is 12.7 Å². The molecule has 1 aliphatic carbocycles. The summed E-state index contributed by atoms with van der Waals surface area (Å²) >= 11 is 6.42. The fourth-order valence-electron chi connectivity index (χ4n) is 4.61. The Bertz CT molecular complexity index is 919. The highest BCUT2D eigenvalue weighted by molar-refractivity contribution is 6.31. The van der Waals surface area contributed by atoms with Gasteiger partial charge in [0.1, 0.15) is 42.4 Å². The molecule has 1 heterocycles. The quantitative estimate of drug-likeness (QED) is 0.431. The zero-order chi connectivity index (χ0) is 23.5. The zero-order valence-corrected chi connectivity index (χ0v) is 19.0. The summed E-state index contributed by atoms with van der Waals surface area (Å²) in [7, 11) is 0. The predicted octanol–water partition coefficient (Wildman–Crippen LogP) is 2.13. The molecule has 7 atom stereocenters. The monoisotopic (exact) mass is 478 g/mol. The Morgan fingerprint density at radius 1 is 0.939 bits per heavy atom. The van der Waals surface area contributed by atoms with E-state index in [1.54, 1.807) is 12.1 Å². The van der Waals surface area contributed by atoms with Crippen LogP contribution in [-0.2, 0) is 11.2 Å². The Labute approximate surface area is 198 Å². The first kappa shape index (κ1) is 24.4. The van der Waals surface area contributed by atoms with Gasteiger partial charge in [-0.05, 0) is 60.6 Å². The van der Waals surface area contributed by atoms with E-state index in [0.29, 0.717) is 23.4 Å². The Balaban J connectivity index is 1.46. The molecule has 2 aromatic carbocycles. The lowest BCUT2D eigenvalue weighted by Crippen LogP contribution is -2.55. The summed E-state index contributed by atoms with van der Waals surface area (Å²) in [6.07, 6.45) is -2.37. The van der Waals surface area contributed by atoms with Gasteiger partial charge in [-0.25, -0.2) is 0 Å². The summed E-state index contributed by atoms with van der Waals surface area (Å²) in [6, 6.07) is 13.0. The molecule has 0 aromatic heterocycles. The molecule has 2 aliphatic rings. The van der Waals surface area contributed by atoms with Gasteiger partial charge in [-0.3, -0.25) is 0 Å². The minimum absolute atomic E-state index is 0.0317.